The highest BCUT2D eigenvalue weighted by atomic mass is 32.1. The van der Waals surface area contributed by atoms with Gasteiger partial charge in [-0.15, -0.1) is 11.3 Å². The highest BCUT2D eigenvalue weighted by Crippen LogP contribution is 2.34. The van der Waals surface area contributed by atoms with Gasteiger partial charge in [0.15, 0.2) is 23.5 Å². The van der Waals surface area contributed by atoms with Crippen LogP contribution in [0, 0.1) is 13.8 Å². The molecule has 8 bridgehead atoms. The van der Waals surface area contributed by atoms with Crippen LogP contribution in [0.4, 0.5) is 0 Å². The molecule has 3 atom stereocenters. The number of nitrogens with zero attached hydrogens (tertiary/aromatic N) is 12. The third-order valence-corrected chi connectivity index (χ3v) is 10.6. The molecule has 6 heterocycles. The van der Waals surface area contributed by atoms with E-state index in [1.807, 2.05) is 0 Å². The summed E-state index contributed by atoms with van der Waals surface area (Å²) in [4.78, 5) is 61.4. The molecule has 0 saturated heterocycles. The third-order valence-electron chi connectivity index (χ3n) is 9.73. The van der Waals surface area contributed by atoms with Gasteiger partial charge in [-0.2, -0.15) is 0 Å². The molecule has 1 aliphatic heterocycles. The molecular weight excluding hydrogens is 963 g/mol. The zero-order chi connectivity index (χ0) is 53.1. The lowest BCUT2D eigenvalue weighted by Gasteiger charge is -2.24. The van der Waals surface area contributed by atoms with Gasteiger partial charge in [-0.25, -0.2) is 59.9 Å². The number of aliphatic hydroxyl groups excluding tert-OH is 8. The van der Waals surface area contributed by atoms with Gasteiger partial charge in [0.1, 0.15) is 74.1 Å². The largest absolute Gasteiger partial charge is 0.495 e. The average Bonchev–Trinajstić information content (AvgIpc) is 4.15. The number of amides is 1. The number of nitrogens with two attached hydrogens (primary N) is 1. The molecule has 0 saturated carbocycles. The normalized spacial score (nSPS) is 18.3. The van der Waals surface area contributed by atoms with Crippen molar-refractivity contribution in [3.63, 3.8) is 0 Å². The van der Waals surface area contributed by atoms with Crippen LogP contribution in [0.25, 0.3) is 39.1 Å². The van der Waals surface area contributed by atoms with Gasteiger partial charge in [0.2, 0.25) is 59.0 Å². The first-order valence-corrected chi connectivity index (χ1v) is 21.6. The molecule has 72 heavy (non-hydrogen) atoms. The second-order valence-electron chi connectivity index (χ2n) is 15.7. The van der Waals surface area contributed by atoms with Gasteiger partial charge in [-0.3, -0.25) is 4.79 Å². The molecule has 11 N–H and O–H groups in total. The number of allylic oxidation sites excluding steroid dienone is 1. The highest BCUT2D eigenvalue weighted by molar-refractivity contribution is 7.13. The summed E-state index contributed by atoms with van der Waals surface area (Å²) >= 11 is 0.995. The number of hydrogen-bond donors (Lipinski definition) is 10. The Labute approximate surface area is 410 Å². The molecule has 374 valence electrons. The minimum absolute atomic E-state index is 0.00483. The number of aryl methyl sites for hydroxylation is 2. The standard InChI is InChI=1S/C45H45N13O13S/c1-11-24-43-57-30(22(8)71-43)39(66)48-17(3)35(62)58-32(45(9,10)68)40(67)50-19(5)42-56-29(21(7)70-42)38(65)47-16(2)34(61)49-18(4)41-53-26(14-69-41)31-23(12-13-25(51-31)33(46)60)44-54-27(15-72-44)36(63)55-28(20(6)59)37(64)52-24/h11-15,20,28,32,59,68H,2-5H2,1,6-10H3,(H2,46,60)(H,47,65)(H,48,66)(H,49,61)(H,50,67)(H,52,64)(H,55,63)(H,58,62). The Balaban J connectivity index is 1.47. The predicted octanol–water partition coefficient (Wildman–Crippen LogP) is 5.92. The van der Waals surface area contributed by atoms with E-state index in [0.717, 1.165) is 17.6 Å². The summed E-state index contributed by atoms with van der Waals surface area (Å²) in [6.45, 7) is 22.7. The van der Waals surface area contributed by atoms with Gasteiger partial charge in [-0.05, 0) is 53.7 Å². The van der Waals surface area contributed by atoms with E-state index in [1.54, 1.807) is 0 Å². The summed E-state index contributed by atoms with van der Waals surface area (Å²) in [5, 5.41) is 100. The molecule has 6 rings (SSSR count). The number of primary amides is 1. The quantitative estimate of drug-likeness (QED) is 0.100. The van der Waals surface area contributed by atoms with E-state index in [0.29, 0.717) is 0 Å². The summed E-state index contributed by atoms with van der Waals surface area (Å²) < 4.78 is 16.9. The summed E-state index contributed by atoms with van der Waals surface area (Å²) in [7, 11) is 0. The van der Waals surface area contributed by atoms with Gasteiger partial charge in [0, 0.05) is 10.9 Å². The SMILES string of the molecule is C=C1N=C(O)c2nc(oc2C)C(=C)N=C(O)C(C(C)(C)O)N=C(O)C(=C)N=C(O)c2nc(oc2C)C(=CC)N=C(O)C(C(C)O)N=C(O)c2csc(n2)-c2ccc(C(N)=O)nc2-c2coc(n2)C(=C)N=C1O. The fourth-order valence-electron chi connectivity index (χ4n) is 6.10. The summed E-state index contributed by atoms with van der Waals surface area (Å²) in [5.74, 6) is -7.90. The van der Waals surface area contributed by atoms with Crippen molar-refractivity contribution in [3.05, 3.63) is 120 Å². The van der Waals surface area contributed by atoms with Gasteiger partial charge >= 0.3 is 0 Å². The molecule has 0 fully saturated rings. The lowest BCUT2D eigenvalue weighted by Crippen LogP contribution is -2.41. The van der Waals surface area contributed by atoms with Crippen LogP contribution in [0.15, 0.2) is 116 Å². The predicted molar refractivity (Wildman–Crippen MR) is 265 cm³/mol. The number of fused-ring (bicyclic) bond motifs is 11. The minimum Gasteiger partial charge on any atom is -0.495 e. The number of carbonyl (C=O) groups is 1. The molecule has 1 amide bonds. The first-order valence-electron chi connectivity index (χ1n) is 20.7. The first-order chi connectivity index (χ1) is 33.8. The van der Waals surface area contributed by atoms with Crippen molar-refractivity contribution in [2.24, 2.45) is 40.7 Å². The number of aliphatic imine (C=N–C) groups is 7. The molecule has 5 aromatic heterocycles. The molecule has 0 spiro atoms. The monoisotopic (exact) mass is 1010 g/mol. The summed E-state index contributed by atoms with van der Waals surface area (Å²) in [6.07, 6.45) is 1.03. The molecule has 1 aliphatic rings. The molecule has 0 radical (unpaired) electrons. The Kier molecular flexibility index (Phi) is 15.1. The number of aromatic nitrogens is 5. The van der Waals surface area contributed by atoms with E-state index in [1.165, 1.54) is 65.1 Å². The maximum atomic E-state index is 12.2. The number of pyridine rings is 1. The van der Waals surface area contributed by atoms with Crippen molar-refractivity contribution in [1.29, 1.82) is 0 Å². The smallest absolute Gasteiger partial charge is 0.267 e. The number of rotatable bonds is 3. The molecule has 27 heteroatoms. The molecule has 0 aromatic carbocycles. The van der Waals surface area contributed by atoms with Crippen LogP contribution >= 0.6 is 11.3 Å². The van der Waals surface area contributed by atoms with E-state index >= 15 is 0 Å². The van der Waals surface area contributed by atoms with Gasteiger partial charge in [-0.1, -0.05) is 32.4 Å². The van der Waals surface area contributed by atoms with Crippen molar-refractivity contribution in [1.82, 2.24) is 24.9 Å². The maximum absolute atomic E-state index is 12.2. The number of carbonyl (C=O) groups excluding carboxylic acids is 1. The van der Waals surface area contributed by atoms with Crippen LogP contribution in [0.5, 0.6) is 0 Å². The highest BCUT2D eigenvalue weighted by Gasteiger charge is 2.34. The first kappa shape index (κ1) is 52.2. The van der Waals surface area contributed by atoms with E-state index in [2.05, 4.69) is 86.2 Å². The van der Waals surface area contributed by atoms with E-state index in [4.69, 9.17) is 19.0 Å². The van der Waals surface area contributed by atoms with Gasteiger partial charge in [0.05, 0.1) is 11.7 Å². The zero-order valence-electron chi connectivity index (χ0n) is 39.0. The van der Waals surface area contributed by atoms with Crippen LogP contribution in [0.2, 0.25) is 0 Å². The zero-order valence-corrected chi connectivity index (χ0v) is 39.8. The minimum atomic E-state index is -1.94. The van der Waals surface area contributed by atoms with Crippen molar-refractivity contribution < 1.29 is 64.0 Å². The van der Waals surface area contributed by atoms with Crippen molar-refractivity contribution in [2.45, 2.75) is 65.3 Å². The van der Waals surface area contributed by atoms with Crippen molar-refractivity contribution in [2.75, 3.05) is 0 Å². The Morgan fingerprint density at radius 3 is 1.89 bits per heavy atom. The van der Waals surface area contributed by atoms with Gasteiger partial charge < -0.3 is 64.9 Å². The summed E-state index contributed by atoms with van der Waals surface area (Å²) in [5.41, 5.74) is 1.12. The average molecular weight is 1010 g/mol. The fourth-order valence-corrected chi connectivity index (χ4v) is 6.93. The third kappa shape index (κ3) is 11.4. The van der Waals surface area contributed by atoms with Crippen molar-refractivity contribution in [3.8, 4) is 22.0 Å². The fraction of sp³-hybridized carbons (Fsp3) is 0.222. The van der Waals surface area contributed by atoms with Crippen LogP contribution in [-0.2, 0) is 0 Å². The topological polar surface area (TPSA) is 416 Å². The molecule has 3 unspecified atom stereocenters. The Morgan fingerprint density at radius 2 is 1.29 bits per heavy atom. The van der Waals surface area contributed by atoms with Crippen LogP contribution in [0.3, 0.4) is 0 Å². The van der Waals surface area contributed by atoms with Crippen LogP contribution in [0.1, 0.15) is 84.5 Å². The lowest BCUT2D eigenvalue weighted by molar-refractivity contribution is 0.0681. The van der Waals surface area contributed by atoms with E-state index < -0.39 is 82.4 Å². The number of hydrogen-bond acceptors (Lipinski definition) is 19. The molecule has 26 nitrogen and oxygen atoms in total. The Morgan fingerprint density at radius 1 is 0.708 bits per heavy atom. The van der Waals surface area contributed by atoms with Crippen LogP contribution in [-0.4, -0.2) is 142 Å². The van der Waals surface area contributed by atoms with E-state index in [-0.39, 0.29) is 91.0 Å². The number of thiazole rings is 1. The molecular formula is C45H45N13O13S. The maximum Gasteiger partial charge on any atom is 0.267 e. The lowest BCUT2D eigenvalue weighted by atomic mass is 9.99. The Hall–Kier alpha value is -9.21. The van der Waals surface area contributed by atoms with Crippen LogP contribution < -0.4 is 5.73 Å². The van der Waals surface area contributed by atoms with Crippen molar-refractivity contribution >= 4 is 75.6 Å². The number of oxazole rings is 3. The number of aliphatic hydroxyl groups is 9. The second kappa shape index (κ2) is 20.8. The molecule has 0 aliphatic carbocycles. The van der Waals surface area contributed by atoms with Gasteiger partial charge in [0.25, 0.3) is 5.91 Å². The Bertz CT molecular complexity index is 3300. The summed E-state index contributed by atoms with van der Waals surface area (Å²) in [6, 6.07) is -0.566. The van der Waals surface area contributed by atoms with E-state index in [9.17, 15) is 50.8 Å². The second-order valence-corrected chi connectivity index (χ2v) is 16.6. The molecule has 5 aromatic rings.